The van der Waals surface area contributed by atoms with Gasteiger partial charge in [-0.15, -0.1) is 0 Å². The Bertz CT molecular complexity index is 257. The maximum Gasteiger partial charge on any atom is 0.117 e. The molecule has 0 fully saturated rings. The van der Waals surface area contributed by atoms with Gasteiger partial charge in [-0.2, -0.15) is 0 Å². The quantitative estimate of drug-likeness (QED) is 0.651. The first-order valence-corrected chi connectivity index (χ1v) is 3.69. The summed E-state index contributed by atoms with van der Waals surface area (Å²) in [4.78, 5) is 0.433. The lowest BCUT2D eigenvalue weighted by Gasteiger charge is -1.92. The lowest BCUT2D eigenvalue weighted by molar-refractivity contribution is 0.479. The van der Waals surface area contributed by atoms with Gasteiger partial charge in [0.15, 0.2) is 0 Å². The van der Waals surface area contributed by atoms with Crippen molar-refractivity contribution >= 4 is 17.2 Å². The molecule has 0 amide bonds. The lowest BCUT2D eigenvalue weighted by Crippen LogP contribution is -2.10. The van der Waals surface area contributed by atoms with E-state index in [-0.39, 0.29) is 0 Å². The SMILES string of the molecule is NCc1ccc(CC(N)=S)o1. The van der Waals surface area contributed by atoms with E-state index in [1.807, 2.05) is 12.1 Å². The first kappa shape index (κ1) is 8.23. The minimum absolute atomic E-state index is 0.414. The van der Waals surface area contributed by atoms with E-state index in [4.69, 9.17) is 28.1 Å². The predicted octanol–water partition coefficient (Wildman–Crippen LogP) is 0.567. The third-order valence-corrected chi connectivity index (χ3v) is 1.41. The first-order valence-electron chi connectivity index (χ1n) is 3.28. The molecule has 11 heavy (non-hydrogen) atoms. The molecule has 0 spiro atoms. The molecule has 0 aliphatic rings. The van der Waals surface area contributed by atoms with Crippen LogP contribution in [0.5, 0.6) is 0 Å². The fourth-order valence-electron chi connectivity index (χ4n) is 0.799. The summed E-state index contributed by atoms with van der Waals surface area (Å²) in [6.45, 7) is 0.414. The third kappa shape index (κ3) is 2.32. The molecular formula is C7H10N2OS. The van der Waals surface area contributed by atoms with Crippen molar-refractivity contribution in [3.63, 3.8) is 0 Å². The molecule has 4 N–H and O–H groups in total. The Morgan fingerprint density at radius 2 is 2.09 bits per heavy atom. The molecule has 1 aromatic heterocycles. The highest BCUT2D eigenvalue weighted by molar-refractivity contribution is 7.80. The van der Waals surface area contributed by atoms with Crippen molar-refractivity contribution in [2.24, 2.45) is 11.5 Å². The molecule has 0 radical (unpaired) electrons. The maximum absolute atomic E-state index is 5.34. The van der Waals surface area contributed by atoms with E-state index in [1.54, 1.807) is 0 Å². The van der Waals surface area contributed by atoms with Crippen LogP contribution >= 0.6 is 12.2 Å². The van der Waals surface area contributed by atoms with Gasteiger partial charge in [-0.05, 0) is 12.1 Å². The summed E-state index contributed by atoms with van der Waals surface area (Å²) in [5.74, 6) is 1.54. The minimum atomic E-state index is 0.414. The largest absolute Gasteiger partial charge is 0.464 e. The van der Waals surface area contributed by atoms with Gasteiger partial charge in [0.05, 0.1) is 18.0 Å². The second kappa shape index (κ2) is 3.50. The van der Waals surface area contributed by atoms with Gasteiger partial charge in [0.1, 0.15) is 11.5 Å². The summed E-state index contributed by atoms with van der Waals surface area (Å²) in [5, 5.41) is 0. The van der Waals surface area contributed by atoms with Gasteiger partial charge < -0.3 is 15.9 Å². The van der Waals surface area contributed by atoms with Crippen LogP contribution in [-0.4, -0.2) is 4.99 Å². The summed E-state index contributed by atoms with van der Waals surface area (Å²) >= 11 is 4.71. The van der Waals surface area contributed by atoms with E-state index in [0.29, 0.717) is 18.0 Å². The van der Waals surface area contributed by atoms with Crippen LogP contribution in [0, 0.1) is 0 Å². The predicted molar refractivity (Wildman–Crippen MR) is 47.1 cm³/mol. The molecule has 1 rings (SSSR count). The second-order valence-electron chi connectivity index (χ2n) is 2.22. The zero-order valence-corrected chi connectivity index (χ0v) is 6.86. The summed E-state index contributed by atoms with van der Waals surface area (Å²) in [6, 6.07) is 3.66. The van der Waals surface area contributed by atoms with Crippen LogP contribution in [0.1, 0.15) is 11.5 Å². The van der Waals surface area contributed by atoms with Crippen molar-refractivity contribution in [2.45, 2.75) is 13.0 Å². The normalized spacial score (nSPS) is 9.91. The van der Waals surface area contributed by atoms with Gasteiger partial charge in [-0.25, -0.2) is 0 Å². The van der Waals surface area contributed by atoms with Crippen molar-refractivity contribution in [3.8, 4) is 0 Å². The van der Waals surface area contributed by atoms with Crippen molar-refractivity contribution in [1.29, 1.82) is 0 Å². The summed E-state index contributed by atoms with van der Waals surface area (Å²) in [6.07, 6.45) is 0.509. The number of thiocarbonyl (C=S) groups is 1. The van der Waals surface area contributed by atoms with Gasteiger partial charge in [-0.3, -0.25) is 0 Å². The number of hydrogen-bond acceptors (Lipinski definition) is 3. The Kier molecular flexibility index (Phi) is 2.62. The van der Waals surface area contributed by atoms with Crippen molar-refractivity contribution in [3.05, 3.63) is 23.7 Å². The number of hydrogen-bond donors (Lipinski definition) is 2. The Hall–Kier alpha value is -0.870. The Labute approximate surface area is 70.4 Å². The van der Waals surface area contributed by atoms with E-state index in [2.05, 4.69) is 0 Å². The minimum Gasteiger partial charge on any atom is -0.464 e. The summed E-state index contributed by atoms with van der Waals surface area (Å²) < 4.78 is 5.25. The van der Waals surface area contributed by atoms with E-state index in [9.17, 15) is 0 Å². The topological polar surface area (TPSA) is 65.2 Å². The second-order valence-corrected chi connectivity index (χ2v) is 2.74. The third-order valence-electron chi connectivity index (χ3n) is 1.27. The zero-order valence-electron chi connectivity index (χ0n) is 6.04. The van der Waals surface area contributed by atoms with E-state index in [1.165, 1.54) is 0 Å². The van der Waals surface area contributed by atoms with Crippen LogP contribution in [0.3, 0.4) is 0 Å². The van der Waals surface area contributed by atoms with Crippen LogP contribution in [0.4, 0.5) is 0 Å². The highest BCUT2D eigenvalue weighted by Crippen LogP contribution is 2.07. The van der Waals surface area contributed by atoms with Gasteiger partial charge in [-0.1, -0.05) is 12.2 Å². The van der Waals surface area contributed by atoms with Crippen molar-refractivity contribution in [1.82, 2.24) is 0 Å². The fraction of sp³-hybridized carbons (Fsp3) is 0.286. The Balaban J connectivity index is 2.65. The highest BCUT2D eigenvalue weighted by atomic mass is 32.1. The summed E-state index contributed by atoms with van der Waals surface area (Å²) in [7, 11) is 0. The monoisotopic (exact) mass is 170 g/mol. The molecule has 1 aromatic rings. The van der Waals surface area contributed by atoms with Gasteiger partial charge in [0.2, 0.25) is 0 Å². The molecule has 4 heteroatoms. The first-order chi connectivity index (χ1) is 5.22. The molecule has 0 unspecified atom stereocenters. The van der Waals surface area contributed by atoms with E-state index in [0.717, 1.165) is 11.5 Å². The molecule has 0 aliphatic heterocycles. The Morgan fingerprint density at radius 3 is 2.55 bits per heavy atom. The van der Waals surface area contributed by atoms with E-state index >= 15 is 0 Å². The van der Waals surface area contributed by atoms with Gasteiger partial charge in [0.25, 0.3) is 0 Å². The van der Waals surface area contributed by atoms with Crippen LogP contribution in [0.25, 0.3) is 0 Å². The molecule has 0 bridgehead atoms. The number of furan rings is 1. The summed E-state index contributed by atoms with van der Waals surface area (Å²) in [5.41, 5.74) is 10.7. The van der Waals surface area contributed by atoms with Crippen molar-refractivity contribution in [2.75, 3.05) is 0 Å². The van der Waals surface area contributed by atoms with Crippen LogP contribution < -0.4 is 11.5 Å². The van der Waals surface area contributed by atoms with Crippen molar-refractivity contribution < 1.29 is 4.42 Å². The molecule has 0 aromatic carbocycles. The molecule has 0 aliphatic carbocycles. The molecule has 60 valence electrons. The van der Waals surface area contributed by atoms with Crippen LogP contribution in [0.2, 0.25) is 0 Å². The maximum atomic E-state index is 5.34. The highest BCUT2D eigenvalue weighted by Gasteiger charge is 2.00. The van der Waals surface area contributed by atoms with Gasteiger partial charge >= 0.3 is 0 Å². The Morgan fingerprint density at radius 1 is 1.45 bits per heavy atom. The van der Waals surface area contributed by atoms with Crippen LogP contribution in [-0.2, 0) is 13.0 Å². The molecule has 0 atom stereocenters. The zero-order chi connectivity index (χ0) is 8.27. The van der Waals surface area contributed by atoms with Gasteiger partial charge in [0, 0.05) is 0 Å². The fourth-order valence-corrected chi connectivity index (χ4v) is 0.941. The average Bonchev–Trinajstić information content (AvgIpc) is 2.34. The number of nitrogens with two attached hydrogens (primary N) is 2. The molecule has 0 saturated carbocycles. The molecule has 3 nitrogen and oxygen atoms in total. The molecular weight excluding hydrogens is 160 g/mol. The molecule has 0 saturated heterocycles. The lowest BCUT2D eigenvalue weighted by atomic mass is 10.3. The van der Waals surface area contributed by atoms with E-state index < -0.39 is 0 Å². The molecule has 1 heterocycles. The number of rotatable bonds is 3. The average molecular weight is 170 g/mol. The standard InChI is InChI=1S/C7H10N2OS/c8-4-6-2-1-5(10-6)3-7(9)11/h1-2H,3-4,8H2,(H2,9,11). The smallest absolute Gasteiger partial charge is 0.117 e. The van der Waals surface area contributed by atoms with Crippen LogP contribution in [0.15, 0.2) is 16.5 Å².